The molecule has 6 heteroatoms. The molecule has 0 fully saturated rings. The van der Waals surface area contributed by atoms with Gasteiger partial charge < -0.3 is 15.3 Å². The van der Waals surface area contributed by atoms with Crippen LogP contribution >= 0.6 is 0 Å². The van der Waals surface area contributed by atoms with Crippen LogP contribution in [0.15, 0.2) is 53.6 Å². The van der Waals surface area contributed by atoms with Crippen LogP contribution in [0.4, 0.5) is 5.82 Å². The molecule has 0 radical (unpaired) electrons. The maximum Gasteiger partial charge on any atom is 0.161 e. The average Bonchev–Trinajstić information content (AvgIpc) is 2.52. The van der Waals surface area contributed by atoms with Crippen molar-refractivity contribution in [2.45, 2.75) is 0 Å². The van der Waals surface area contributed by atoms with Crippen LogP contribution in [0.3, 0.4) is 0 Å². The van der Waals surface area contributed by atoms with Gasteiger partial charge in [-0.3, -0.25) is 5.43 Å². The lowest BCUT2D eigenvalue weighted by Crippen LogP contribution is -1.94. The standard InChI is InChI=1S/C16H13N3O3/c20-13-8-15(22)14(21)7-11(13)9-17-19-16-6-5-10-3-1-2-4-12(10)18-16/h1-9,20-22H,(H,18,19). The Morgan fingerprint density at radius 3 is 2.55 bits per heavy atom. The molecule has 22 heavy (non-hydrogen) atoms. The third-order valence-corrected chi connectivity index (χ3v) is 3.11. The predicted molar refractivity (Wildman–Crippen MR) is 84.4 cm³/mol. The molecule has 3 rings (SSSR count). The SMILES string of the molecule is Oc1cc(O)c(C=NNc2ccc3ccccc3n2)cc1O. The number of hydrazone groups is 1. The number of aromatic hydroxyl groups is 3. The Hall–Kier alpha value is -3.28. The van der Waals surface area contributed by atoms with E-state index in [4.69, 9.17) is 0 Å². The summed E-state index contributed by atoms with van der Waals surface area (Å²) >= 11 is 0. The maximum absolute atomic E-state index is 9.65. The average molecular weight is 295 g/mol. The van der Waals surface area contributed by atoms with Gasteiger partial charge in [0.15, 0.2) is 11.5 Å². The van der Waals surface area contributed by atoms with Crippen LogP contribution in [0.5, 0.6) is 17.2 Å². The fourth-order valence-corrected chi connectivity index (χ4v) is 1.98. The summed E-state index contributed by atoms with van der Waals surface area (Å²) in [5.74, 6) is -0.355. The molecule has 0 aliphatic carbocycles. The van der Waals surface area contributed by atoms with Crippen LogP contribution in [-0.4, -0.2) is 26.5 Å². The summed E-state index contributed by atoms with van der Waals surface area (Å²) in [4.78, 5) is 4.38. The minimum absolute atomic E-state index is 0.188. The minimum Gasteiger partial charge on any atom is -0.507 e. The quantitative estimate of drug-likeness (QED) is 0.258. The zero-order chi connectivity index (χ0) is 15.5. The van der Waals surface area contributed by atoms with Crippen LogP contribution < -0.4 is 5.43 Å². The predicted octanol–water partition coefficient (Wildman–Crippen LogP) is 2.80. The number of hydrogen-bond acceptors (Lipinski definition) is 6. The number of phenolic OH excluding ortho intramolecular Hbond substituents is 3. The summed E-state index contributed by atoms with van der Waals surface area (Å²) in [6.45, 7) is 0. The fraction of sp³-hybridized carbons (Fsp3) is 0. The van der Waals surface area contributed by atoms with Crippen molar-refractivity contribution in [1.82, 2.24) is 4.98 Å². The first-order chi connectivity index (χ1) is 10.6. The Bertz CT molecular complexity index is 862. The van der Waals surface area contributed by atoms with Gasteiger partial charge in [-0.25, -0.2) is 4.98 Å². The highest BCUT2D eigenvalue weighted by molar-refractivity contribution is 5.85. The molecule has 0 bridgehead atoms. The van der Waals surface area contributed by atoms with Gasteiger partial charge in [0, 0.05) is 17.0 Å². The second kappa shape index (κ2) is 5.61. The first-order valence-corrected chi connectivity index (χ1v) is 6.53. The molecule has 0 aliphatic heterocycles. The van der Waals surface area contributed by atoms with Crippen molar-refractivity contribution in [2.75, 3.05) is 5.43 Å². The molecule has 1 aromatic heterocycles. The fourth-order valence-electron chi connectivity index (χ4n) is 1.98. The third kappa shape index (κ3) is 2.76. The van der Waals surface area contributed by atoms with E-state index in [1.807, 2.05) is 30.3 Å². The first kappa shape index (κ1) is 13.7. The van der Waals surface area contributed by atoms with E-state index in [-0.39, 0.29) is 22.8 Å². The van der Waals surface area contributed by atoms with E-state index in [9.17, 15) is 15.3 Å². The normalized spacial score (nSPS) is 11.1. The van der Waals surface area contributed by atoms with Gasteiger partial charge in [0.05, 0.1) is 11.7 Å². The molecule has 4 N–H and O–H groups in total. The van der Waals surface area contributed by atoms with Crippen LogP contribution in [0.25, 0.3) is 10.9 Å². The van der Waals surface area contributed by atoms with Gasteiger partial charge >= 0.3 is 0 Å². The molecule has 0 amide bonds. The smallest absolute Gasteiger partial charge is 0.161 e. The van der Waals surface area contributed by atoms with Crippen LogP contribution in [0.2, 0.25) is 0 Å². The summed E-state index contributed by atoms with van der Waals surface area (Å²) in [5.41, 5.74) is 3.86. The van der Waals surface area contributed by atoms with Gasteiger partial charge in [-0.15, -0.1) is 0 Å². The van der Waals surface area contributed by atoms with E-state index in [1.165, 1.54) is 12.3 Å². The molecular formula is C16H13N3O3. The number of phenols is 3. The number of benzene rings is 2. The van der Waals surface area contributed by atoms with Crippen molar-refractivity contribution >= 4 is 22.9 Å². The van der Waals surface area contributed by atoms with Crippen molar-refractivity contribution in [3.63, 3.8) is 0 Å². The van der Waals surface area contributed by atoms with Gasteiger partial charge in [0.1, 0.15) is 11.6 Å². The van der Waals surface area contributed by atoms with Crippen LogP contribution in [0, 0.1) is 0 Å². The monoisotopic (exact) mass is 295 g/mol. The summed E-state index contributed by atoms with van der Waals surface area (Å²) in [7, 11) is 0. The number of nitrogens with one attached hydrogen (secondary N) is 1. The van der Waals surface area contributed by atoms with E-state index < -0.39 is 0 Å². The molecule has 0 spiro atoms. The molecule has 0 atom stereocenters. The lowest BCUT2D eigenvalue weighted by atomic mass is 10.2. The van der Waals surface area contributed by atoms with E-state index in [1.54, 1.807) is 6.07 Å². The molecule has 1 heterocycles. The Balaban J connectivity index is 1.80. The summed E-state index contributed by atoms with van der Waals surface area (Å²) in [6, 6.07) is 13.7. The second-order valence-electron chi connectivity index (χ2n) is 4.66. The van der Waals surface area contributed by atoms with Crippen molar-refractivity contribution in [3.8, 4) is 17.2 Å². The largest absolute Gasteiger partial charge is 0.507 e. The third-order valence-electron chi connectivity index (χ3n) is 3.11. The Kier molecular flexibility index (Phi) is 3.49. The zero-order valence-corrected chi connectivity index (χ0v) is 11.4. The lowest BCUT2D eigenvalue weighted by molar-refractivity contribution is 0.396. The Morgan fingerprint density at radius 2 is 1.68 bits per heavy atom. The van der Waals surface area contributed by atoms with Gasteiger partial charge in [-0.1, -0.05) is 18.2 Å². The Labute approximate surface area is 126 Å². The van der Waals surface area contributed by atoms with Gasteiger partial charge in [0.2, 0.25) is 0 Å². The van der Waals surface area contributed by atoms with E-state index in [0.717, 1.165) is 17.0 Å². The van der Waals surface area contributed by atoms with Gasteiger partial charge in [-0.05, 0) is 24.3 Å². The molecule has 0 unspecified atom stereocenters. The van der Waals surface area contributed by atoms with Crippen LogP contribution in [-0.2, 0) is 0 Å². The molecule has 0 saturated carbocycles. The zero-order valence-electron chi connectivity index (χ0n) is 11.4. The number of anilines is 1. The number of nitrogens with zero attached hydrogens (tertiary/aromatic N) is 2. The van der Waals surface area contributed by atoms with Gasteiger partial charge in [-0.2, -0.15) is 5.10 Å². The highest BCUT2D eigenvalue weighted by Crippen LogP contribution is 2.31. The lowest BCUT2D eigenvalue weighted by Gasteiger charge is -2.03. The van der Waals surface area contributed by atoms with Crippen molar-refractivity contribution in [3.05, 3.63) is 54.1 Å². The van der Waals surface area contributed by atoms with Crippen molar-refractivity contribution < 1.29 is 15.3 Å². The van der Waals surface area contributed by atoms with Crippen molar-refractivity contribution in [2.24, 2.45) is 5.10 Å². The molecular weight excluding hydrogens is 282 g/mol. The van der Waals surface area contributed by atoms with Crippen LogP contribution in [0.1, 0.15) is 5.56 Å². The number of aromatic nitrogens is 1. The molecule has 3 aromatic rings. The highest BCUT2D eigenvalue weighted by atomic mass is 16.3. The van der Waals surface area contributed by atoms with Gasteiger partial charge in [0.25, 0.3) is 0 Å². The van der Waals surface area contributed by atoms with E-state index in [2.05, 4.69) is 15.5 Å². The molecule has 0 saturated heterocycles. The molecule has 2 aromatic carbocycles. The number of fused-ring (bicyclic) bond motifs is 1. The molecule has 0 aliphatic rings. The van der Waals surface area contributed by atoms with Crippen molar-refractivity contribution in [1.29, 1.82) is 0 Å². The number of para-hydroxylation sites is 1. The topological polar surface area (TPSA) is 98.0 Å². The second-order valence-corrected chi connectivity index (χ2v) is 4.66. The number of rotatable bonds is 3. The maximum atomic E-state index is 9.65. The number of pyridine rings is 1. The summed E-state index contributed by atoms with van der Waals surface area (Å²) in [5, 5.41) is 33.3. The minimum atomic E-state index is -0.390. The first-order valence-electron chi connectivity index (χ1n) is 6.53. The summed E-state index contributed by atoms with van der Waals surface area (Å²) < 4.78 is 0. The number of hydrogen-bond donors (Lipinski definition) is 4. The van der Waals surface area contributed by atoms with E-state index >= 15 is 0 Å². The highest BCUT2D eigenvalue weighted by Gasteiger charge is 2.05. The van der Waals surface area contributed by atoms with E-state index in [0.29, 0.717) is 5.82 Å². The summed E-state index contributed by atoms with van der Waals surface area (Å²) in [6.07, 6.45) is 1.32. The molecule has 6 nitrogen and oxygen atoms in total. The Morgan fingerprint density at radius 1 is 0.909 bits per heavy atom. The molecule has 110 valence electrons.